The van der Waals surface area contributed by atoms with E-state index < -0.39 is 0 Å². The van der Waals surface area contributed by atoms with Gasteiger partial charge in [-0.05, 0) is 30.9 Å². The van der Waals surface area contributed by atoms with Crippen LogP contribution in [-0.4, -0.2) is 19.1 Å². The minimum absolute atomic E-state index is 0.0545. The Kier molecular flexibility index (Phi) is 3.24. The number of thioether (sulfide) groups is 1. The van der Waals surface area contributed by atoms with E-state index in [0.717, 1.165) is 18.5 Å². The van der Waals surface area contributed by atoms with Gasteiger partial charge in [0.2, 0.25) is 0 Å². The third kappa shape index (κ3) is 1.96. The topological polar surface area (TPSA) is 26.3 Å². The van der Waals surface area contributed by atoms with Crippen molar-refractivity contribution < 1.29 is 9.53 Å². The second-order valence-corrected chi connectivity index (χ2v) is 5.27. The van der Waals surface area contributed by atoms with E-state index in [-0.39, 0.29) is 5.41 Å². The molecule has 2 nitrogen and oxygen atoms in total. The number of rotatable bonds is 3. The van der Waals surface area contributed by atoms with Gasteiger partial charge >= 0.3 is 0 Å². The minimum Gasteiger partial charge on any atom is -0.493 e. The maximum Gasteiger partial charge on any atom is 0.123 e. The third-order valence-corrected chi connectivity index (χ3v) is 4.01. The van der Waals surface area contributed by atoms with Gasteiger partial charge in [0.15, 0.2) is 0 Å². The number of hydrogen-bond donors (Lipinski definition) is 0. The van der Waals surface area contributed by atoms with Crippen LogP contribution >= 0.6 is 11.8 Å². The molecule has 1 atom stereocenters. The molecule has 16 heavy (non-hydrogen) atoms. The molecule has 86 valence electrons. The average molecular weight is 236 g/mol. The molecule has 0 saturated carbocycles. The maximum absolute atomic E-state index is 10.8. The zero-order chi connectivity index (χ0) is 11.6. The molecule has 1 aliphatic heterocycles. The highest BCUT2D eigenvalue weighted by atomic mass is 32.2. The van der Waals surface area contributed by atoms with Crippen LogP contribution < -0.4 is 4.74 Å². The van der Waals surface area contributed by atoms with Crippen molar-refractivity contribution >= 4 is 18.0 Å². The van der Waals surface area contributed by atoms with Crippen LogP contribution in [0.15, 0.2) is 23.1 Å². The number of fused-ring (bicyclic) bond motifs is 1. The highest BCUT2D eigenvalue weighted by molar-refractivity contribution is 7.98. The van der Waals surface area contributed by atoms with Gasteiger partial charge in [0.25, 0.3) is 0 Å². The molecule has 1 aromatic carbocycles. The normalized spacial score (nSPS) is 23.4. The Morgan fingerprint density at radius 3 is 3.06 bits per heavy atom. The molecule has 3 heteroatoms. The van der Waals surface area contributed by atoms with Crippen LogP contribution in [0.2, 0.25) is 0 Å². The van der Waals surface area contributed by atoms with E-state index in [9.17, 15) is 4.79 Å². The Labute approximate surface area is 100 Å². The summed E-state index contributed by atoms with van der Waals surface area (Å²) in [6.07, 6.45) is 4.56. The number of hydrogen-bond acceptors (Lipinski definition) is 3. The number of aldehydes is 1. The first-order valence-electron chi connectivity index (χ1n) is 5.44. The molecule has 2 rings (SSSR count). The highest BCUT2D eigenvalue weighted by Gasteiger charge is 2.33. The fraction of sp³-hybridized carbons (Fsp3) is 0.462. The van der Waals surface area contributed by atoms with Crippen molar-refractivity contribution in [2.24, 2.45) is 0 Å². The first-order valence-corrected chi connectivity index (χ1v) is 6.67. The zero-order valence-corrected chi connectivity index (χ0v) is 10.5. The van der Waals surface area contributed by atoms with Crippen molar-refractivity contribution in [1.82, 2.24) is 0 Å². The zero-order valence-electron chi connectivity index (χ0n) is 9.66. The summed E-state index contributed by atoms with van der Waals surface area (Å²) in [4.78, 5) is 12.0. The molecule has 0 bridgehead atoms. The van der Waals surface area contributed by atoms with E-state index in [1.165, 1.54) is 10.5 Å². The van der Waals surface area contributed by atoms with Crippen molar-refractivity contribution in [3.05, 3.63) is 23.8 Å². The minimum atomic E-state index is -0.0545. The second kappa shape index (κ2) is 4.50. The molecule has 0 N–H and O–H groups in total. The summed E-state index contributed by atoms with van der Waals surface area (Å²) in [6.45, 7) is 2.85. The van der Waals surface area contributed by atoms with Crippen LogP contribution in [0.1, 0.15) is 25.3 Å². The number of benzene rings is 1. The van der Waals surface area contributed by atoms with Crippen molar-refractivity contribution in [2.75, 3.05) is 12.9 Å². The largest absolute Gasteiger partial charge is 0.493 e. The third-order valence-electron chi connectivity index (χ3n) is 3.28. The smallest absolute Gasteiger partial charge is 0.123 e. The van der Waals surface area contributed by atoms with Crippen molar-refractivity contribution in [3.63, 3.8) is 0 Å². The lowest BCUT2D eigenvalue weighted by atomic mass is 9.76. The van der Waals surface area contributed by atoms with Gasteiger partial charge in [-0.1, -0.05) is 6.92 Å². The molecule has 0 saturated heterocycles. The van der Waals surface area contributed by atoms with Crippen LogP contribution in [0, 0.1) is 0 Å². The summed E-state index contributed by atoms with van der Waals surface area (Å²) in [5.74, 6) is 0.938. The summed E-state index contributed by atoms with van der Waals surface area (Å²) >= 11 is 1.72. The number of carbonyl (C=O) groups is 1. The molecule has 1 aliphatic rings. The van der Waals surface area contributed by atoms with E-state index in [4.69, 9.17) is 4.74 Å². The molecule has 1 unspecified atom stereocenters. The van der Waals surface area contributed by atoms with Crippen LogP contribution in [-0.2, 0) is 10.2 Å². The van der Waals surface area contributed by atoms with E-state index >= 15 is 0 Å². The molecule has 1 aromatic rings. The lowest BCUT2D eigenvalue weighted by Gasteiger charge is -2.34. The number of ether oxygens (including phenoxy) is 1. The van der Waals surface area contributed by atoms with Gasteiger partial charge in [-0.2, -0.15) is 0 Å². The summed E-state index contributed by atoms with van der Waals surface area (Å²) in [6, 6.07) is 6.24. The lowest BCUT2D eigenvalue weighted by Crippen LogP contribution is -2.30. The predicted octanol–water partition coefficient (Wildman–Crippen LogP) is 3.04. The summed E-state index contributed by atoms with van der Waals surface area (Å²) in [5.41, 5.74) is 1.12. The quantitative estimate of drug-likeness (QED) is 0.596. The Morgan fingerprint density at radius 1 is 1.56 bits per heavy atom. The van der Waals surface area contributed by atoms with E-state index in [0.29, 0.717) is 13.0 Å². The van der Waals surface area contributed by atoms with Crippen molar-refractivity contribution in [2.45, 2.75) is 30.1 Å². The highest BCUT2D eigenvalue weighted by Crippen LogP contribution is 2.41. The molecule has 1 heterocycles. The maximum atomic E-state index is 10.8. The average Bonchev–Trinajstić information content (AvgIpc) is 2.29. The molecular weight excluding hydrogens is 220 g/mol. The van der Waals surface area contributed by atoms with Crippen LogP contribution in [0.3, 0.4) is 0 Å². The first-order chi connectivity index (χ1) is 7.69. The molecule has 0 amide bonds. The number of carbonyl (C=O) groups excluding carboxylic acids is 1. The summed E-state index contributed by atoms with van der Waals surface area (Å²) in [7, 11) is 0. The van der Waals surface area contributed by atoms with E-state index in [1.54, 1.807) is 11.8 Å². The molecule has 0 radical (unpaired) electrons. The van der Waals surface area contributed by atoms with Gasteiger partial charge in [0.05, 0.1) is 6.61 Å². The fourth-order valence-corrected chi connectivity index (χ4v) is 2.59. The van der Waals surface area contributed by atoms with Crippen LogP contribution in [0.5, 0.6) is 5.75 Å². The molecule has 0 aromatic heterocycles. The molecule has 0 spiro atoms. The Hall–Kier alpha value is -0.960. The lowest BCUT2D eigenvalue weighted by molar-refractivity contribution is -0.109. The molecule has 0 aliphatic carbocycles. The Bertz CT molecular complexity index is 403. The van der Waals surface area contributed by atoms with Gasteiger partial charge in [-0.3, -0.25) is 0 Å². The summed E-state index contributed by atoms with van der Waals surface area (Å²) < 4.78 is 5.64. The second-order valence-electron chi connectivity index (χ2n) is 4.39. The van der Waals surface area contributed by atoms with Crippen LogP contribution in [0.4, 0.5) is 0 Å². The SMILES string of the molecule is CSc1ccc2c(c1)C(C)(CC=O)CCO2. The summed E-state index contributed by atoms with van der Waals surface area (Å²) in [5, 5.41) is 0. The van der Waals surface area contributed by atoms with E-state index in [2.05, 4.69) is 25.3 Å². The van der Waals surface area contributed by atoms with Gasteiger partial charge in [0, 0.05) is 22.3 Å². The van der Waals surface area contributed by atoms with Gasteiger partial charge in [0.1, 0.15) is 12.0 Å². The van der Waals surface area contributed by atoms with Gasteiger partial charge in [-0.25, -0.2) is 0 Å². The first kappa shape index (κ1) is 11.5. The fourth-order valence-electron chi connectivity index (χ4n) is 2.15. The van der Waals surface area contributed by atoms with Crippen LogP contribution in [0.25, 0.3) is 0 Å². The van der Waals surface area contributed by atoms with Gasteiger partial charge < -0.3 is 9.53 Å². The van der Waals surface area contributed by atoms with Crippen molar-refractivity contribution in [1.29, 1.82) is 0 Å². The van der Waals surface area contributed by atoms with Crippen molar-refractivity contribution in [3.8, 4) is 5.75 Å². The monoisotopic (exact) mass is 236 g/mol. The van der Waals surface area contributed by atoms with E-state index in [1.807, 2.05) is 6.07 Å². The predicted molar refractivity (Wildman–Crippen MR) is 66.4 cm³/mol. The van der Waals surface area contributed by atoms with Gasteiger partial charge in [-0.15, -0.1) is 11.8 Å². The Morgan fingerprint density at radius 2 is 2.38 bits per heavy atom. The Balaban J connectivity index is 2.46. The standard InChI is InChI=1S/C13H16O2S/c1-13(5-7-14)6-8-15-12-4-3-10(16-2)9-11(12)13/h3-4,7,9H,5-6,8H2,1-2H3. The molecule has 0 fully saturated rings. The molecular formula is C13H16O2S.